The van der Waals surface area contributed by atoms with Crippen LogP contribution in [0.2, 0.25) is 0 Å². The Bertz CT molecular complexity index is 521. The van der Waals surface area contributed by atoms with Gasteiger partial charge in [0.1, 0.15) is 11.9 Å². The number of fused-ring (bicyclic) bond motifs is 3. The van der Waals surface area contributed by atoms with Crippen LogP contribution < -0.4 is 4.74 Å². The van der Waals surface area contributed by atoms with E-state index in [9.17, 15) is 5.26 Å². The minimum atomic E-state index is -0.0877. The van der Waals surface area contributed by atoms with Crippen LogP contribution in [0.4, 0.5) is 0 Å². The van der Waals surface area contributed by atoms with Gasteiger partial charge in [-0.2, -0.15) is 5.26 Å². The molecular weight excluding hydrogens is 234 g/mol. The second kappa shape index (κ2) is 4.00. The van der Waals surface area contributed by atoms with E-state index in [4.69, 9.17) is 4.74 Å². The average Bonchev–Trinajstić information content (AvgIpc) is 3.11. The van der Waals surface area contributed by atoms with E-state index in [-0.39, 0.29) is 11.5 Å². The van der Waals surface area contributed by atoms with E-state index in [2.05, 4.69) is 24.3 Å². The third kappa shape index (κ3) is 1.68. The van der Waals surface area contributed by atoms with Gasteiger partial charge in [-0.1, -0.05) is 24.6 Å². The zero-order valence-electron chi connectivity index (χ0n) is 11.1. The van der Waals surface area contributed by atoms with Crippen molar-refractivity contribution < 1.29 is 4.74 Å². The summed E-state index contributed by atoms with van der Waals surface area (Å²) >= 11 is 0. The van der Waals surface area contributed by atoms with E-state index < -0.39 is 0 Å². The first-order valence-electron chi connectivity index (χ1n) is 7.45. The maximum Gasteiger partial charge on any atom is 0.123 e. The molecule has 1 aliphatic heterocycles. The van der Waals surface area contributed by atoms with E-state index in [0.717, 1.165) is 30.9 Å². The van der Waals surface area contributed by atoms with Gasteiger partial charge in [-0.25, -0.2) is 0 Å². The SMILES string of the molecule is N#CC1(CC2Cc3ccccc3O2)CC2CCC1C2. The molecule has 2 saturated carbocycles. The molecule has 2 fully saturated rings. The fraction of sp³-hybridized carbons (Fsp3) is 0.588. The first-order chi connectivity index (χ1) is 9.29. The highest BCUT2D eigenvalue weighted by Crippen LogP contribution is 2.58. The van der Waals surface area contributed by atoms with Crippen molar-refractivity contribution >= 4 is 0 Å². The summed E-state index contributed by atoms with van der Waals surface area (Å²) < 4.78 is 6.05. The van der Waals surface area contributed by atoms with Crippen molar-refractivity contribution in [2.45, 2.75) is 44.6 Å². The number of nitriles is 1. The van der Waals surface area contributed by atoms with Crippen molar-refractivity contribution in [1.82, 2.24) is 0 Å². The van der Waals surface area contributed by atoms with Crippen LogP contribution in [-0.2, 0) is 6.42 Å². The van der Waals surface area contributed by atoms with Gasteiger partial charge in [0.2, 0.25) is 0 Å². The Morgan fingerprint density at radius 1 is 1.32 bits per heavy atom. The Morgan fingerprint density at radius 2 is 2.21 bits per heavy atom. The van der Waals surface area contributed by atoms with Gasteiger partial charge < -0.3 is 4.74 Å². The van der Waals surface area contributed by atoms with Gasteiger partial charge in [-0.15, -0.1) is 0 Å². The third-order valence-corrected chi connectivity index (χ3v) is 5.50. The number of ether oxygens (including phenoxy) is 1. The van der Waals surface area contributed by atoms with Crippen LogP contribution in [0.1, 0.15) is 37.7 Å². The molecule has 2 bridgehead atoms. The molecule has 2 aliphatic carbocycles. The van der Waals surface area contributed by atoms with Gasteiger partial charge in [0.05, 0.1) is 11.5 Å². The van der Waals surface area contributed by atoms with E-state index in [1.54, 1.807) is 0 Å². The minimum absolute atomic E-state index is 0.0877. The van der Waals surface area contributed by atoms with Crippen molar-refractivity contribution in [3.8, 4) is 11.8 Å². The molecule has 0 spiro atoms. The first kappa shape index (κ1) is 11.3. The van der Waals surface area contributed by atoms with Crippen molar-refractivity contribution in [3.63, 3.8) is 0 Å². The molecule has 0 saturated heterocycles. The maximum atomic E-state index is 9.71. The first-order valence-corrected chi connectivity index (χ1v) is 7.45. The molecule has 0 N–H and O–H groups in total. The fourth-order valence-corrected chi connectivity index (χ4v) is 4.65. The highest BCUT2D eigenvalue weighted by molar-refractivity contribution is 5.37. The smallest absolute Gasteiger partial charge is 0.123 e. The van der Waals surface area contributed by atoms with Crippen molar-refractivity contribution in [3.05, 3.63) is 29.8 Å². The summed E-state index contributed by atoms with van der Waals surface area (Å²) in [4.78, 5) is 0. The van der Waals surface area contributed by atoms with Crippen LogP contribution in [0, 0.1) is 28.6 Å². The summed E-state index contributed by atoms with van der Waals surface area (Å²) in [5, 5.41) is 9.71. The lowest BCUT2D eigenvalue weighted by Crippen LogP contribution is -2.32. The van der Waals surface area contributed by atoms with E-state index >= 15 is 0 Å². The molecule has 4 rings (SSSR count). The number of nitrogens with zero attached hydrogens (tertiary/aromatic N) is 1. The van der Waals surface area contributed by atoms with Gasteiger partial charge in [0.15, 0.2) is 0 Å². The van der Waals surface area contributed by atoms with Crippen molar-refractivity contribution in [2.75, 3.05) is 0 Å². The summed E-state index contributed by atoms with van der Waals surface area (Å²) in [6.45, 7) is 0. The molecule has 98 valence electrons. The lowest BCUT2D eigenvalue weighted by atomic mass is 9.70. The number of hydrogen-bond acceptors (Lipinski definition) is 2. The molecule has 0 aromatic heterocycles. The standard InChI is InChI=1S/C17H19NO/c18-11-17(9-12-5-6-14(17)7-12)10-15-8-13-3-1-2-4-16(13)19-15/h1-4,12,14-15H,5-10H2. The van der Waals surface area contributed by atoms with Gasteiger partial charge in [0, 0.05) is 12.8 Å². The Labute approximate surface area is 114 Å². The van der Waals surface area contributed by atoms with Crippen LogP contribution in [0.3, 0.4) is 0 Å². The molecule has 19 heavy (non-hydrogen) atoms. The fourth-order valence-electron chi connectivity index (χ4n) is 4.65. The number of benzene rings is 1. The third-order valence-electron chi connectivity index (χ3n) is 5.50. The molecule has 1 aromatic rings. The molecule has 2 heteroatoms. The molecule has 0 amide bonds. The minimum Gasteiger partial charge on any atom is -0.490 e. The zero-order valence-corrected chi connectivity index (χ0v) is 11.1. The number of hydrogen-bond donors (Lipinski definition) is 0. The van der Waals surface area contributed by atoms with Crippen LogP contribution in [0.5, 0.6) is 5.75 Å². The summed E-state index contributed by atoms with van der Waals surface area (Å²) in [5.74, 6) is 2.48. The monoisotopic (exact) mass is 253 g/mol. The Kier molecular flexibility index (Phi) is 2.39. The molecule has 4 atom stereocenters. The second-order valence-corrected chi connectivity index (χ2v) is 6.60. The number of rotatable bonds is 2. The molecule has 1 heterocycles. The summed E-state index contributed by atoms with van der Waals surface area (Å²) in [6, 6.07) is 11.0. The van der Waals surface area contributed by atoms with Gasteiger partial charge in [0.25, 0.3) is 0 Å². The molecule has 0 radical (unpaired) electrons. The molecular formula is C17H19NO. The van der Waals surface area contributed by atoms with Gasteiger partial charge in [-0.05, 0) is 42.7 Å². The Hall–Kier alpha value is -1.49. The van der Waals surface area contributed by atoms with E-state index in [0.29, 0.717) is 5.92 Å². The highest BCUT2D eigenvalue weighted by Gasteiger charge is 2.52. The second-order valence-electron chi connectivity index (χ2n) is 6.60. The molecule has 1 aromatic carbocycles. The van der Waals surface area contributed by atoms with E-state index in [1.165, 1.54) is 24.8 Å². The van der Waals surface area contributed by atoms with Crippen LogP contribution in [0.15, 0.2) is 24.3 Å². The molecule has 4 unspecified atom stereocenters. The number of para-hydroxylation sites is 1. The average molecular weight is 253 g/mol. The quantitative estimate of drug-likeness (QED) is 0.805. The van der Waals surface area contributed by atoms with Crippen LogP contribution >= 0.6 is 0 Å². The van der Waals surface area contributed by atoms with Crippen molar-refractivity contribution in [2.24, 2.45) is 17.3 Å². The molecule has 2 nitrogen and oxygen atoms in total. The normalized spacial score (nSPS) is 38.8. The highest BCUT2D eigenvalue weighted by atomic mass is 16.5. The molecule has 3 aliphatic rings. The van der Waals surface area contributed by atoms with E-state index in [1.807, 2.05) is 6.07 Å². The Balaban J connectivity index is 1.53. The zero-order chi connectivity index (χ0) is 12.9. The largest absolute Gasteiger partial charge is 0.490 e. The summed E-state index contributed by atoms with van der Waals surface area (Å²) in [6.07, 6.45) is 7.14. The predicted octanol–water partition coefficient (Wildman–Crippen LogP) is 3.71. The maximum absolute atomic E-state index is 9.71. The van der Waals surface area contributed by atoms with Crippen LogP contribution in [-0.4, -0.2) is 6.10 Å². The topological polar surface area (TPSA) is 33.0 Å². The Morgan fingerprint density at radius 3 is 2.89 bits per heavy atom. The van der Waals surface area contributed by atoms with Gasteiger partial charge >= 0.3 is 0 Å². The lowest BCUT2D eigenvalue weighted by Gasteiger charge is -2.32. The van der Waals surface area contributed by atoms with Gasteiger partial charge in [-0.3, -0.25) is 0 Å². The lowest BCUT2D eigenvalue weighted by molar-refractivity contribution is 0.126. The van der Waals surface area contributed by atoms with Crippen molar-refractivity contribution in [1.29, 1.82) is 5.26 Å². The summed E-state index contributed by atoms with van der Waals surface area (Å²) in [7, 11) is 0. The van der Waals surface area contributed by atoms with Crippen LogP contribution in [0.25, 0.3) is 0 Å². The summed E-state index contributed by atoms with van der Waals surface area (Å²) in [5.41, 5.74) is 1.22. The predicted molar refractivity (Wildman–Crippen MR) is 72.7 cm³/mol.